The Morgan fingerprint density at radius 1 is 1.16 bits per heavy atom. The van der Waals surface area contributed by atoms with Crippen LogP contribution in [0.25, 0.3) is 0 Å². The number of hydrogen-bond donors (Lipinski definition) is 1. The lowest BCUT2D eigenvalue weighted by atomic mass is 10.1. The van der Waals surface area contributed by atoms with E-state index < -0.39 is 16.0 Å². The summed E-state index contributed by atoms with van der Waals surface area (Å²) in [6.07, 6.45) is 4.50. The maximum Gasteiger partial charge on any atom is 0.340 e. The molecule has 31 heavy (non-hydrogen) atoms. The Morgan fingerprint density at radius 2 is 1.84 bits per heavy atom. The molecule has 0 aliphatic carbocycles. The van der Waals surface area contributed by atoms with E-state index in [0.29, 0.717) is 5.69 Å². The molecule has 1 amide bonds. The molecule has 10 nitrogen and oxygen atoms in total. The molecule has 0 bridgehead atoms. The van der Waals surface area contributed by atoms with E-state index in [9.17, 15) is 23.1 Å². The summed E-state index contributed by atoms with van der Waals surface area (Å²) >= 11 is 0. The minimum Gasteiger partial charge on any atom is -0.478 e. The Kier molecular flexibility index (Phi) is 5.42. The fourth-order valence-electron chi connectivity index (χ4n) is 4.56. The Bertz CT molecular complexity index is 1140. The van der Waals surface area contributed by atoms with Crippen molar-refractivity contribution in [2.24, 2.45) is 0 Å². The van der Waals surface area contributed by atoms with Crippen molar-refractivity contribution in [1.29, 1.82) is 0 Å². The van der Waals surface area contributed by atoms with Crippen LogP contribution in [0.4, 0.5) is 0 Å². The quantitative estimate of drug-likeness (QED) is 0.753. The lowest BCUT2D eigenvalue weighted by Gasteiger charge is -2.34. The molecule has 0 saturated carbocycles. The van der Waals surface area contributed by atoms with Crippen LogP contribution in [0.15, 0.2) is 15.5 Å². The van der Waals surface area contributed by atoms with Crippen LogP contribution in [0.2, 0.25) is 0 Å². The molecule has 1 fully saturated rings. The minimum atomic E-state index is -4.07. The number of sulfonamides is 1. The third kappa shape index (κ3) is 3.55. The first-order valence-corrected chi connectivity index (χ1v) is 11.8. The fourth-order valence-corrected chi connectivity index (χ4v) is 6.36. The largest absolute Gasteiger partial charge is 0.478 e. The predicted octanol–water partition coefficient (Wildman–Crippen LogP) is 1.84. The molecule has 1 atom stereocenters. The molecule has 2 aliphatic heterocycles. The van der Waals surface area contributed by atoms with Gasteiger partial charge in [-0.2, -0.15) is 4.31 Å². The first-order valence-electron chi connectivity index (χ1n) is 10.3. The number of nitrogens with zero attached hydrogens (tertiary/aromatic N) is 4. The van der Waals surface area contributed by atoms with Crippen LogP contribution in [0.5, 0.6) is 0 Å². The molecule has 1 N–H and O–H groups in total. The van der Waals surface area contributed by atoms with E-state index in [0.717, 1.165) is 25.1 Å². The maximum absolute atomic E-state index is 13.2. The monoisotopic (exact) mass is 450 g/mol. The smallest absolute Gasteiger partial charge is 0.340 e. The molecule has 4 rings (SSSR count). The second-order valence-electron chi connectivity index (χ2n) is 8.09. The molecular formula is C20H26N4O6S. The van der Waals surface area contributed by atoms with Gasteiger partial charge in [0.15, 0.2) is 0 Å². The van der Waals surface area contributed by atoms with Crippen molar-refractivity contribution < 1.29 is 27.5 Å². The van der Waals surface area contributed by atoms with Crippen LogP contribution >= 0.6 is 0 Å². The molecule has 0 spiro atoms. The summed E-state index contributed by atoms with van der Waals surface area (Å²) in [6.45, 7) is 5.52. The molecule has 168 valence electrons. The molecule has 0 radical (unpaired) electrons. The number of rotatable bonds is 4. The summed E-state index contributed by atoms with van der Waals surface area (Å²) in [5, 5.41) is 9.46. The van der Waals surface area contributed by atoms with Crippen molar-refractivity contribution in [2.75, 3.05) is 26.2 Å². The number of aryl methyl sites for hydroxylation is 3. The normalized spacial score (nSPS) is 20.0. The molecule has 0 aromatic carbocycles. The van der Waals surface area contributed by atoms with Crippen LogP contribution in [0.3, 0.4) is 0 Å². The van der Waals surface area contributed by atoms with E-state index in [4.69, 9.17) is 4.42 Å². The van der Waals surface area contributed by atoms with Gasteiger partial charge in [0.1, 0.15) is 33.5 Å². The van der Waals surface area contributed by atoms with E-state index in [1.807, 2.05) is 4.57 Å². The summed E-state index contributed by atoms with van der Waals surface area (Å²) in [4.78, 5) is 30.4. The zero-order valence-electron chi connectivity index (χ0n) is 17.8. The van der Waals surface area contributed by atoms with E-state index in [1.165, 1.54) is 18.2 Å². The van der Waals surface area contributed by atoms with Crippen LogP contribution in [-0.2, 0) is 16.4 Å². The molecule has 2 aliphatic rings. The Balaban J connectivity index is 1.53. The zero-order chi connectivity index (χ0) is 22.5. The Hall–Kier alpha value is -2.66. The van der Waals surface area contributed by atoms with Gasteiger partial charge in [0.05, 0.1) is 6.20 Å². The van der Waals surface area contributed by atoms with Crippen molar-refractivity contribution in [3.63, 3.8) is 0 Å². The number of furan rings is 1. The average Bonchev–Trinajstić information content (AvgIpc) is 3.29. The summed E-state index contributed by atoms with van der Waals surface area (Å²) in [7, 11) is -4.07. The van der Waals surface area contributed by atoms with Gasteiger partial charge in [-0.3, -0.25) is 4.79 Å². The van der Waals surface area contributed by atoms with E-state index in [1.54, 1.807) is 11.1 Å². The number of fused-ring (bicyclic) bond motifs is 1. The summed E-state index contributed by atoms with van der Waals surface area (Å²) in [6, 6.07) is 0.202. The Morgan fingerprint density at radius 3 is 2.48 bits per heavy atom. The topological polar surface area (TPSA) is 126 Å². The number of carboxylic acid groups (broad SMARTS) is 1. The van der Waals surface area contributed by atoms with Gasteiger partial charge in [0.2, 0.25) is 10.0 Å². The van der Waals surface area contributed by atoms with Crippen molar-refractivity contribution in [2.45, 2.75) is 51.0 Å². The Labute approximate surface area is 180 Å². The number of amides is 1. The van der Waals surface area contributed by atoms with E-state index in [2.05, 4.69) is 11.9 Å². The number of carbonyl (C=O) groups is 2. The van der Waals surface area contributed by atoms with Crippen LogP contribution in [0.1, 0.15) is 64.0 Å². The minimum absolute atomic E-state index is 0.0493. The standard InChI is InChI=1S/C20H26N4O6S/c1-12-5-4-6-16-21-11-15(24(12)16)19(25)22-7-9-23(10-8-22)31(28,29)18-14(3)30-13(2)17(18)20(26)27/h11-12H,4-10H2,1-3H3,(H,26,27). The average molecular weight is 451 g/mol. The fraction of sp³-hybridized carbons (Fsp3) is 0.550. The summed E-state index contributed by atoms with van der Waals surface area (Å²) in [5.74, 6) is -0.493. The van der Waals surface area contributed by atoms with E-state index in [-0.39, 0.29) is 60.1 Å². The van der Waals surface area contributed by atoms with Gasteiger partial charge in [0, 0.05) is 38.6 Å². The molecular weight excluding hydrogens is 424 g/mol. The molecule has 4 heterocycles. The van der Waals surface area contributed by atoms with Crippen LogP contribution in [0, 0.1) is 13.8 Å². The molecule has 2 aromatic rings. The SMILES string of the molecule is Cc1oc(C)c(S(=O)(=O)N2CCN(C(=O)c3cnc4n3C(C)CCC4)CC2)c1C(=O)O. The van der Waals surface area contributed by atoms with Gasteiger partial charge in [-0.15, -0.1) is 0 Å². The van der Waals surface area contributed by atoms with Gasteiger partial charge in [0.25, 0.3) is 5.91 Å². The molecule has 11 heteroatoms. The van der Waals surface area contributed by atoms with Gasteiger partial charge in [-0.1, -0.05) is 0 Å². The summed E-state index contributed by atoms with van der Waals surface area (Å²) < 4.78 is 34.8. The number of aromatic carboxylic acids is 1. The maximum atomic E-state index is 13.2. The second-order valence-corrected chi connectivity index (χ2v) is 9.97. The van der Waals surface area contributed by atoms with Crippen LogP contribution < -0.4 is 0 Å². The van der Waals surface area contributed by atoms with Crippen molar-refractivity contribution in [3.8, 4) is 0 Å². The highest BCUT2D eigenvalue weighted by Crippen LogP contribution is 2.30. The first-order chi connectivity index (χ1) is 14.6. The highest BCUT2D eigenvalue weighted by molar-refractivity contribution is 7.89. The lowest BCUT2D eigenvalue weighted by Crippen LogP contribution is -2.51. The highest BCUT2D eigenvalue weighted by Gasteiger charge is 2.38. The number of carbonyl (C=O) groups excluding carboxylic acids is 1. The zero-order valence-corrected chi connectivity index (χ0v) is 18.6. The summed E-state index contributed by atoms with van der Waals surface area (Å²) in [5.41, 5.74) is 0.198. The third-order valence-electron chi connectivity index (χ3n) is 6.10. The number of imidazole rings is 1. The molecule has 1 saturated heterocycles. The van der Waals surface area contributed by atoms with Gasteiger partial charge >= 0.3 is 5.97 Å². The number of hydrogen-bond acceptors (Lipinski definition) is 6. The first kappa shape index (κ1) is 21.6. The number of carboxylic acids is 1. The van der Waals surface area contributed by atoms with E-state index >= 15 is 0 Å². The van der Waals surface area contributed by atoms with Gasteiger partial charge < -0.3 is 19.0 Å². The number of piperazine rings is 1. The van der Waals surface area contributed by atoms with Crippen molar-refractivity contribution in [3.05, 3.63) is 34.8 Å². The van der Waals surface area contributed by atoms with Gasteiger partial charge in [-0.25, -0.2) is 18.2 Å². The predicted molar refractivity (Wildman–Crippen MR) is 110 cm³/mol. The highest BCUT2D eigenvalue weighted by atomic mass is 32.2. The molecule has 2 aromatic heterocycles. The van der Waals surface area contributed by atoms with Crippen molar-refractivity contribution in [1.82, 2.24) is 18.8 Å². The van der Waals surface area contributed by atoms with Gasteiger partial charge in [-0.05, 0) is 33.6 Å². The second kappa shape index (κ2) is 7.79. The van der Waals surface area contributed by atoms with Crippen LogP contribution in [-0.4, -0.2) is 70.3 Å². The third-order valence-corrected chi connectivity index (χ3v) is 8.15. The lowest BCUT2D eigenvalue weighted by molar-refractivity contribution is 0.0682. The molecule has 1 unspecified atom stereocenters. The van der Waals surface area contributed by atoms with Crippen molar-refractivity contribution >= 4 is 21.9 Å². The number of aromatic nitrogens is 2.